The maximum atomic E-state index is 11.3. The van der Waals surface area contributed by atoms with Crippen LogP contribution in [0.4, 0.5) is 0 Å². The Labute approximate surface area is 101 Å². The van der Waals surface area contributed by atoms with Gasteiger partial charge in [-0.15, -0.1) is 0 Å². The van der Waals surface area contributed by atoms with Crippen LogP contribution in [-0.2, 0) is 9.53 Å². The number of nitrogens with one attached hydrogen (secondary N) is 1. The Morgan fingerprint density at radius 2 is 2.29 bits per heavy atom. The van der Waals surface area contributed by atoms with Crippen LogP contribution in [0.2, 0.25) is 0 Å². The van der Waals surface area contributed by atoms with Crippen LogP contribution < -0.4 is 10.1 Å². The van der Waals surface area contributed by atoms with E-state index in [0.29, 0.717) is 13.0 Å². The summed E-state index contributed by atoms with van der Waals surface area (Å²) in [5.74, 6) is 0.627. The van der Waals surface area contributed by atoms with Gasteiger partial charge >= 0.3 is 5.97 Å². The Kier molecular flexibility index (Phi) is 3.64. The molecule has 4 nitrogen and oxygen atoms in total. The molecule has 0 bridgehead atoms. The molecule has 0 aromatic heterocycles. The number of carbonyl (C=O) groups is 1. The average Bonchev–Trinajstić information content (AvgIpc) is 2.76. The summed E-state index contributed by atoms with van der Waals surface area (Å²) < 4.78 is 10.5. The predicted octanol–water partition coefficient (Wildman–Crippen LogP) is 1.28. The van der Waals surface area contributed by atoms with E-state index >= 15 is 0 Å². The van der Waals surface area contributed by atoms with Crippen molar-refractivity contribution in [2.45, 2.75) is 25.5 Å². The van der Waals surface area contributed by atoms with Gasteiger partial charge in [0.15, 0.2) is 0 Å². The van der Waals surface area contributed by atoms with Crippen molar-refractivity contribution in [2.24, 2.45) is 0 Å². The molecular formula is C13H17NO3. The first-order chi connectivity index (χ1) is 8.19. The van der Waals surface area contributed by atoms with Crippen molar-refractivity contribution in [1.82, 2.24) is 5.32 Å². The van der Waals surface area contributed by atoms with Crippen molar-refractivity contribution in [2.75, 3.05) is 13.7 Å². The van der Waals surface area contributed by atoms with Gasteiger partial charge in [-0.1, -0.05) is 12.1 Å². The van der Waals surface area contributed by atoms with Crippen LogP contribution in [-0.4, -0.2) is 31.8 Å². The molecule has 1 aliphatic heterocycles. The lowest BCUT2D eigenvalue weighted by molar-refractivity contribution is -0.142. The SMILES string of the molecule is COC(=O)[C@@H]1C[C@@H](Oc2cccc(C)c2)CN1. The Morgan fingerprint density at radius 1 is 1.47 bits per heavy atom. The first kappa shape index (κ1) is 11.9. The summed E-state index contributed by atoms with van der Waals surface area (Å²) in [6, 6.07) is 7.67. The first-order valence-corrected chi connectivity index (χ1v) is 5.73. The lowest BCUT2D eigenvalue weighted by atomic mass is 10.2. The topological polar surface area (TPSA) is 47.6 Å². The zero-order valence-corrected chi connectivity index (χ0v) is 10.1. The van der Waals surface area contributed by atoms with Gasteiger partial charge in [-0.2, -0.15) is 0 Å². The number of carbonyl (C=O) groups excluding carboxylic acids is 1. The van der Waals surface area contributed by atoms with Gasteiger partial charge in [0.1, 0.15) is 17.9 Å². The van der Waals surface area contributed by atoms with E-state index in [1.54, 1.807) is 0 Å². The Balaban J connectivity index is 1.92. The van der Waals surface area contributed by atoms with Gasteiger partial charge in [-0.25, -0.2) is 0 Å². The minimum atomic E-state index is -0.241. The second kappa shape index (κ2) is 5.19. The lowest BCUT2D eigenvalue weighted by Gasteiger charge is -2.13. The van der Waals surface area contributed by atoms with E-state index < -0.39 is 0 Å². The van der Waals surface area contributed by atoms with Gasteiger partial charge in [0.25, 0.3) is 0 Å². The minimum absolute atomic E-state index is 0.0286. The number of ether oxygens (including phenoxy) is 2. The summed E-state index contributed by atoms with van der Waals surface area (Å²) in [4.78, 5) is 11.3. The molecule has 92 valence electrons. The molecule has 0 radical (unpaired) electrons. The summed E-state index contributed by atoms with van der Waals surface area (Å²) in [6.45, 7) is 2.70. The normalized spacial score (nSPS) is 23.4. The van der Waals surface area contributed by atoms with Crippen molar-refractivity contribution < 1.29 is 14.3 Å². The molecule has 0 spiro atoms. The maximum Gasteiger partial charge on any atom is 0.323 e. The fraction of sp³-hybridized carbons (Fsp3) is 0.462. The molecule has 2 rings (SSSR count). The molecule has 1 aliphatic rings. The quantitative estimate of drug-likeness (QED) is 0.802. The molecule has 0 saturated carbocycles. The van der Waals surface area contributed by atoms with Crippen LogP contribution in [0.3, 0.4) is 0 Å². The van der Waals surface area contributed by atoms with Gasteiger partial charge in [0.05, 0.1) is 7.11 Å². The van der Waals surface area contributed by atoms with Crippen LogP contribution in [0.1, 0.15) is 12.0 Å². The number of rotatable bonds is 3. The highest BCUT2D eigenvalue weighted by molar-refractivity contribution is 5.76. The highest BCUT2D eigenvalue weighted by atomic mass is 16.5. The predicted molar refractivity (Wildman–Crippen MR) is 64.0 cm³/mol. The van der Waals surface area contributed by atoms with Crippen LogP contribution in [0.15, 0.2) is 24.3 Å². The Morgan fingerprint density at radius 3 is 3.00 bits per heavy atom. The molecule has 1 N–H and O–H groups in total. The summed E-state index contributed by atoms with van der Waals surface area (Å²) in [5, 5.41) is 3.09. The number of benzene rings is 1. The van der Waals surface area contributed by atoms with Gasteiger partial charge in [0, 0.05) is 13.0 Å². The summed E-state index contributed by atoms with van der Waals surface area (Å²) in [5.41, 5.74) is 1.16. The number of hydrogen-bond acceptors (Lipinski definition) is 4. The molecule has 2 atom stereocenters. The van der Waals surface area contributed by atoms with Crippen LogP contribution in [0, 0.1) is 6.92 Å². The summed E-state index contributed by atoms with van der Waals surface area (Å²) in [7, 11) is 1.40. The Bertz CT molecular complexity index is 405. The molecule has 1 saturated heterocycles. The highest BCUT2D eigenvalue weighted by Gasteiger charge is 2.31. The van der Waals surface area contributed by atoms with E-state index in [1.165, 1.54) is 7.11 Å². The first-order valence-electron chi connectivity index (χ1n) is 5.73. The van der Waals surface area contributed by atoms with E-state index in [9.17, 15) is 4.79 Å². The molecule has 17 heavy (non-hydrogen) atoms. The molecule has 1 fully saturated rings. The molecular weight excluding hydrogens is 218 g/mol. The molecule has 0 unspecified atom stereocenters. The standard InChI is InChI=1S/C13H17NO3/c1-9-4-3-5-10(6-9)17-11-7-12(14-8-11)13(15)16-2/h3-6,11-12,14H,7-8H2,1-2H3/t11-,12+/m1/s1. The van der Waals surface area contributed by atoms with E-state index in [1.807, 2.05) is 31.2 Å². The Hall–Kier alpha value is -1.55. The molecule has 1 heterocycles. The molecule has 1 aromatic rings. The second-order valence-corrected chi connectivity index (χ2v) is 4.28. The highest BCUT2D eigenvalue weighted by Crippen LogP contribution is 2.18. The maximum absolute atomic E-state index is 11.3. The lowest BCUT2D eigenvalue weighted by Crippen LogP contribution is -2.31. The zero-order valence-electron chi connectivity index (χ0n) is 10.1. The second-order valence-electron chi connectivity index (χ2n) is 4.28. The third-order valence-corrected chi connectivity index (χ3v) is 2.87. The zero-order chi connectivity index (χ0) is 12.3. The van der Waals surface area contributed by atoms with Gasteiger partial charge in [-0.05, 0) is 24.6 Å². The fourth-order valence-electron chi connectivity index (χ4n) is 2.00. The van der Waals surface area contributed by atoms with E-state index in [2.05, 4.69) is 5.32 Å². The van der Waals surface area contributed by atoms with Crippen LogP contribution in [0.25, 0.3) is 0 Å². The fourth-order valence-corrected chi connectivity index (χ4v) is 2.00. The van der Waals surface area contributed by atoms with E-state index in [4.69, 9.17) is 9.47 Å². The number of hydrogen-bond donors (Lipinski definition) is 1. The van der Waals surface area contributed by atoms with Crippen molar-refractivity contribution in [3.63, 3.8) is 0 Å². The van der Waals surface area contributed by atoms with Gasteiger partial charge < -0.3 is 14.8 Å². The van der Waals surface area contributed by atoms with Gasteiger partial charge in [0.2, 0.25) is 0 Å². The molecule has 1 aromatic carbocycles. The van der Waals surface area contributed by atoms with Crippen molar-refractivity contribution in [1.29, 1.82) is 0 Å². The smallest absolute Gasteiger partial charge is 0.323 e. The van der Waals surface area contributed by atoms with Crippen molar-refractivity contribution in [3.05, 3.63) is 29.8 Å². The average molecular weight is 235 g/mol. The van der Waals surface area contributed by atoms with E-state index in [0.717, 1.165) is 11.3 Å². The van der Waals surface area contributed by atoms with Crippen LogP contribution in [0.5, 0.6) is 5.75 Å². The third kappa shape index (κ3) is 2.97. The molecule has 4 heteroatoms. The molecule has 0 amide bonds. The third-order valence-electron chi connectivity index (χ3n) is 2.87. The monoisotopic (exact) mass is 235 g/mol. The van der Waals surface area contributed by atoms with Crippen LogP contribution >= 0.6 is 0 Å². The largest absolute Gasteiger partial charge is 0.489 e. The van der Waals surface area contributed by atoms with Gasteiger partial charge in [-0.3, -0.25) is 4.79 Å². The van der Waals surface area contributed by atoms with Crippen molar-refractivity contribution in [3.8, 4) is 5.75 Å². The minimum Gasteiger partial charge on any atom is -0.489 e. The number of esters is 1. The van der Waals surface area contributed by atoms with E-state index in [-0.39, 0.29) is 18.1 Å². The van der Waals surface area contributed by atoms with Crippen molar-refractivity contribution >= 4 is 5.97 Å². The number of methoxy groups -OCH3 is 1. The molecule has 0 aliphatic carbocycles. The number of aryl methyl sites for hydroxylation is 1. The summed E-state index contributed by atoms with van der Waals surface area (Å²) >= 11 is 0. The summed E-state index contributed by atoms with van der Waals surface area (Å²) in [6.07, 6.45) is 0.682.